The molecule has 130 valence electrons. The predicted molar refractivity (Wildman–Crippen MR) is 96.9 cm³/mol. The minimum absolute atomic E-state index is 0.0885. The summed E-state index contributed by atoms with van der Waals surface area (Å²) in [5.41, 5.74) is 2.28. The summed E-state index contributed by atoms with van der Waals surface area (Å²) in [4.78, 5) is 12.6. The van der Waals surface area contributed by atoms with Crippen molar-refractivity contribution in [2.24, 2.45) is 0 Å². The number of aliphatic hydroxyl groups is 1. The number of thiophene rings is 1. The van der Waals surface area contributed by atoms with Crippen molar-refractivity contribution in [1.82, 2.24) is 9.97 Å². The van der Waals surface area contributed by atoms with Crippen LogP contribution in [0.1, 0.15) is 28.5 Å². The van der Waals surface area contributed by atoms with Crippen LogP contribution in [0.15, 0.2) is 17.5 Å². The van der Waals surface area contributed by atoms with E-state index < -0.39 is 0 Å². The lowest BCUT2D eigenvalue weighted by molar-refractivity contribution is 0.193. The SMILES string of the molecule is CNc1nc([C@H]2CCOC2)cc(N(CCO)Cc2sccc2C)n1. The van der Waals surface area contributed by atoms with Crippen LogP contribution in [0.3, 0.4) is 0 Å². The van der Waals surface area contributed by atoms with Gasteiger partial charge in [0.15, 0.2) is 0 Å². The summed E-state index contributed by atoms with van der Waals surface area (Å²) < 4.78 is 5.50. The molecule has 2 N–H and O–H groups in total. The van der Waals surface area contributed by atoms with Gasteiger partial charge in [0.05, 0.1) is 25.5 Å². The van der Waals surface area contributed by atoms with E-state index in [0.29, 0.717) is 25.0 Å². The van der Waals surface area contributed by atoms with E-state index in [9.17, 15) is 5.11 Å². The second-order valence-electron chi connectivity index (χ2n) is 5.96. The fourth-order valence-corrected chi connectivity index (χ4v) is 3.76. The minimum Gasteiger partial charge on any atom is -0.395 e. The van der Waals surface area contributed by atoms with E-state index in [1.807, 2.05) is 13.1 Å². The molecular formula is C17H24N4O2S. The molecule has 0 aliphatic carbocycles. The lowest BCUT2D eigenvalue weighted by Crippen LogP contribution is -2.27. The van der Waals surface area contributed by atoms with E-state index in [0.717, 1.165) is 31.1 Å². The second-order valence-corrected chi connectivity index (χ2v) is 6.96. The van der Waals surface area contributed by atoms with Crippen molar-refractivity contribution in [3.05, 3.63) is 33.6 Å². The van der Waals surface area contributed by atoms with Gasteiger partial charge in [-0.25, -0.2) is 4.98 Å². The van der Waals surface area contributed by atoms with Gasteiger partial charge in [0.2, 0.25) is 5.95 Å². The Bertz CT molecular complexity index is 670. The van der Waals surface area contributed by atoms with Gasteiger partial charge in [-0.2, -0.15) is 4.98 Å². The molecule has 0 aromatic carbocycles. The quantitative estimate of drug-likeness (QED) is 0.801. The van der Waals surface area contributed by atoms with E-state index in [-0.39, 0.29) is 6.61 Å². The van der Waals surface area contributed by atoms with E-state index in [4.69, 9.17) is 4.74 Å². The first-order chi connectivity index (χ1) is 11.7. The molecule has 3 rings (SSSR count). The molecule has 2 aromatic heterocycles. The number of aromatic nitrogens is 2. The lowest BCUT2D eigenvalue weighted by Gasteiger charge is -2.24. The fourth-order valence-electron chi connectivity index (χ4n) is 2.84. The highest BCUT2D eigenvalue weighted by Crippen LogP contribution is 2.28. The van der Waals surface area contributed by atoms with Crippen molar-refractivity contribution in [3.8, 4) is 0 Å². The number of aliphatic hydroxyl groups excluding tert-OH is 1. The molecular weight excluding hydrogens is 324 g/mol. The van der Waals surface area contributed by atoms with E-state index in [1.54, 1.807) is 11.3 Å². The number of ether oxygens (including phenoxy) is 1. The fraction of sp³-hybridized carbons (Fsp3) is 0.529. The van der Waals surface area contributed by atoms with Crippen molar-refractivity contribution in [2.75, 3.05) is 43.6 Å². The van der Waals surface area contributed by atoms with Crippen molar-refractivity contribution < 1.29 is 9.84 Å². The number of hydrogen-bond donors (Lipinski definition) is 2. The Morgan fingerprint density at radius 2 is 2.33 bits per heavy atom. The Labute approximate surface area is 146 Å². The van der Waals surface area contributed by atoms with Gasteiger partial charge >= 0.3 is 0 Å². The van der Waals surface area contributed by atoms with Gasteiger partial charge in [-0.05, 0) is 30.4 Å². The van der Waals surface area contributed by atoms with Crippen LogP contribution >= 0.6 is 11.3 Å². The van der Waals surface area contributed by atoms with Gasteiger partial charge in [-0.15, -0.1) is 11.3 Å². The molecule has 0 bridgehead atoms. The smallest absolute Gasteiger partial charge is 0.224 e. The van der Waals surface area contributed by atoms with Gasteiger partial charge in [0.1, 0.15) is 5.82 Å². The van der Waals surface area contributed by atoms with Crippen LogP contribution in [0.2, 0.25) is 0 Å². The summed E-state index contributed by atoms with van der Waals surface area (Å²) in [5.74, 6) is 1.77. The molecule has 0 radical (unpaired) electrons. The third-order valence-corrected chi connectivity index (χ3v) is 5.31. The van der Waals surface area contributed by atoms with E-state index in [1.165, 1.54) is 10.4 Å². The molecule has 1 aliphatic rings. The number of rotatable bonds is 7. The summed E-state index contributed by atoms with van der Waals surface area (Å²) in [6.45, 7) is 4.98. The number of nitrogens with zero attached hydrogens (tertiary/aromatic N) is 3. The first-order valence-electron chi connectivity index (χ1n) is 8.24. The third-order valence-electron chi connectivity index (χ3n) is 4.30. The summed E-state index contributed by atoms with van der Waals surface area (Å²) in [7, 11) is 1.83. The molecule has 1 aliphatic heterocycles. The first-order valence-corrected chi connectivity index (χ1v) is 9.12. The van der Waals surface area contributed by atoms with E-state index >= 15 is 0 Å². The Morgan fingerprint density at radius 3 is 2.96 bits per heavy atom. The number of nitrogens with one attached hydrogen (secondary N) is 1. The number of aryl methyl sites for hydroxylation is 1. The molecule has 0 spiro atoms. The van der Waals surface area contributed by atoms with Crippen LogP contribution in [0.5, 0.6) is 0 Å². The third kappa shape index (κ3) is 3.85. The van der Waals surface area contributed by atoms with Gasteiger partial charge in [0.25, 0.3) is 0 Å². The van der Waals surface area contributed by atoms with Crippen LogP contribution in [0, 0.1) is 6.92 Å². The van der Waals surface area contributed by atoms with Crippen molar-refractivity contribution >= 4 is 23.1 Å². The molecule has 6 nitrogen and oxygen atoms in total. The zero-order valence-corrected chi connectivity index (χ0v) is 15.0. The Kier molecular flexibility index (Phi) is 5.65. The first kappa shape index (κ1) is 17.1. The molecule has 24 heavy (non-hydrogen) atoms. The predicted octanol–water partition coefficient (Wildman–Crippen LogP) is 2.39. The molecule has 0 unspecified atom stereocenters. The summed E-state index contributed by atoms with van der Waals surface area (Å²) in [5, 5.41) is 14.6. The van der Waals surface area contributed by atoms with Crippen LogP contribution in [-0.4, -0.2) is 48.5 Å². The van der Waals surface area contributed by atoms with Gasteiger partial charge in [0, 0.05) is 37.1 Å². The Balaban J connectivity index is 1.90. The topological polar surface area (TPSA) is 70.5 Å². The zero-order chi connectivity index (χ0) is 16.9. The highest BCUT2D eigenvalue weighted by molar-refractivity contribution is 7.10. The summed E-state index contributed by atoms with van der Waals surface area (Å²) in [6, 6.07) is 4.16. The van der Waals surface area contributed by atoms with Crippen LogP contribution in [0.4, 0.5) is 11.8 Å². The zero-order valence-electron chi connectivity index (χ0n) is 14.2. The van der Waals surface area contributed by atoms with Crippen molar-refractivity contribution in [3.63, 3.8) is 0 Å². The molecule has 1 fully saturated rings. The van der Waals surface area contributed by atoms with Crippen molar-refractivity contribution in [1.29, 1.82) is 0 Å². The van der Waals surface area contributed by atoms with Crippen molar-refractivity contribution in [2.45, 2.75) is 25.8 Å². The van der Waals surface area contributed by atoms with Crippen LogP contribution < -0.4 is 10.2 Å². The summed E-state index contributed by atoms with van der Waals surface area (Å²) in [6.07, 6.45) is 0.990. The van der Waals surface area contributed by atoms with Crippen LogP contribution in [0.25, 0.3) is 0 Å². The molecule has 0 saturated carbocycles. The largest absolute Gasteiger partial charge is 0.395 e. The Hall–Kier alpha value is -1.70. The highest BCUT2D eigenvalue weighted by Gasteiger charge is 2.22. The summed E-state index contributed by atoms with van der Waals surface area (Å²) >= 11 is 1.74. The number of anilines is 2. The molecule has 1 saturated heterocycles. The molecule has 7 heteroatoms. The van der Waals surface area contributed by atoms with Gasteiger partial charge in [-0.3, -0.25) is 0 Å². The monoisotopic (exact) mass is 348 g/mol. The standard InChI is InChI=1S/C17H24N4O2S/c1-12-4-8-24-15(12)10-21(5-6-22)16-9-14(13-3-7-23-11-13)19-17(18-2)20-16/h4,8-9,13,22H,3,5-7,10-11H2,1-2H3,(H,18,19,20)/t13-/m0/s1. The number of hydrogen-bond acceptors (Lipinski definition) is 7. The van der Waals surface area contributed by atoms with Gasteiger partial charge in [-0.1, -0.05) is 0 Å². The highest BCUT2D eigenvalue weighted by atomic mass is 32.1. The molecule has 1 atom stereocenters. The average Bonchev–Trinajstić information content (AvgIpc) is 3.26. The average molecular weight is 348 g/mol. The maximum absolute atomic E-state index is 9.49. The lowest BCUT2D eigenvalue weighted by atomic mass is 10.0. The second kappa shape index (κ2) is 7.92. The minimum atomic E-state index is 0.0885. The molecule has 2 aromatic rings. The van der Waals surface area contributed by atoms with Gasteiger partial charge < -0.3 is 20.1 Å². The molecule has 3 heterocycles. The van der Waals surface area contributed by atoms with Crippen LogP contribution in [-0.2, 0) is 11.3 Å². The normalized spacial score (nSPS) is 17.2. The van der Waals surface area contributed by atoms with E-state index in [2.05, 4.69) is 38.6 Å². The maximum atomic E-state index is 9.49. The molecule has 0 amide bonds. The Morgan fingerprint density at radius 1 is 1.46 bits per heavy atom. The maximum Gasteiger partial charge on any atom is 0.224 e.